The number of methoxy groups -OCH3 is 4. The molecule has 0 aliphatic rings. The lowest BCUT2D eigenvalue weighted by Gasteiger charge is -2.13. The standard InChI is InChI=1S/C24H26N4O6/c1-31-17-9-11-21(33-3)19(13-17)27-23(29)25-15-5-7-16(8-6-15)26-24(30)28-20-14-18(32-2)10-12-22(20)34-4/h5-14H,1-4H3,(H2,25,27,29)(H2,26,28,30). The van der Waals surface area contributed by atoms with E-state index in [0.29, 0.717) is 45.7 Å². The van der Waals surface area contributed by atoms with Crippen molar-refractivity contribution in [1.29, 1.82) is 0 Å². The van der Waals surface area contributed by atoms with Crippen molar-refractivity contribution < 1.29 is 28.5 Å². The van der Waals surface area contributed by atoms with E-state index >= 15 is 0 Å². The van der Waals surface area contributed by atoms with Gasteiger partial charge in [-0.05, 0) is 48.5 Å². The molecule has 10 nitrogen and oxygen atoms in total. The van der Waals surface area contributed by atoms with Gasteiger partial charge >= 0.3 is 12.1 Å². The molecule has 0 fully saturated rings. The van der Waals surface area contributed by atoms with Gasteiger partial charge in [-0.15, -0.1) is 0 Å². The molecule has 0 saturated carbocycles. The van der Waals surface area contributed by atoms with Crippen LogP contribution < -0.4 is 40.2 Å². The minimum atomic E-state index is -0.463. The largest absolute Gasteiger partial charge is 0.497 e. The first kappa shape index (κ1) is 24.1. The van der Waals surface area contributed by atoms with Crippen molar-refractivity contribution in [3.8, 4) is 23.0 Å². The molecule has 0 bridgehead atoms. The molecule has 3 aromatic carbocycles. The highest BCUT2D eigenvalue weighted by Gasteiger charge is 2.11. The van der Waals surface area contributed by atoms with Crippen LogP contribution in [0.15, 0.2) is 60.7 Å². The van der Waals surface area contributed by atoms with Crippen molar-refractivity contribution in [2.45, 2.75) is 0 Å². The van der Waals surface area contributed by atoms with Crippen LogP contribution in [0.25, 0.3) is 0 Å². The summed E-state index contributed by atoms with van der Waals surface area (Å²) in [6.45, 7) is 0. The van der Waals surface area contributed by atoms with Gasteiger partial charge in [0.15, 0.2) is 0 Å². The molecule has 34 heavy (non-hydrogen) atoms. The summed E-state index contributed by atoms with van der Waals surface area (Å²) in [4.78, 5) is 24.8. The number of hydrogen-bond acceptors (Lipinski definition) is 6. The maximum Gasteiger partial charge on any atom is 0.323 e. The Morgan fingerprint density at radius 2 is 0.912 bits per heavy atom. The summed E-state index contributed by atoms with van der Waals surface area (Å²) in [6, 6.07) is 15.9. The van der Waals surface area contributed by atoms with Crippen LogP contribution in [0.3, 0.4) is 0 Å². The van der Waals surface area contributed by atoms with E-state index in [1.165, 1.54) is 28.4 Å². The van der Waals surface area contributed by atoms with E-state index < -0.39 is 12.1 Å². The first-order valence-corrected chi connectivity index (χ1v) is 10.2. The van der Waals surface area contributed by atoms with Gasteiger partial charge in [-0.1, -0.05) is 0 Å². The zero-order valence-electron chi connectivity index (χ0n) is 19.2. The number of urea groups is 2. The SMILES string of the molecule is COc1ccc(OC)c(NC(=O)Nc2ccc(NC(=O)Nc3cc(OC)ccc3OC)cc2)c1. The second-order valence-electron chi connectivity index (χ2n) is 6.87. The number of rotatable bonds is 8. The number of ether oxygens (including phenoxy) is 4. The number of nitrogens with one attached hydrogen (secondary N) is 4. The summed E-state index contributed by atoms with van der Waals surface area (Å²) in [5.41, 5.74) is 1.98. The van der Waals surface area contributed by atoms with Crippen LogP contribution in [0.2, 0.25) is 0 Å². The third kappa shape index (κ3) is 6.22. The molecular formula is C24H26N4O6. The highest BCUT2D eigenvalue weighted by Crippen LogP contribution is 2.30. The summed E-state index contributed by atoms with van der Waals surface area (Å²) < 4.78 is 20.9. The van der Waals surface area contributed by atoms with Gasteiger partial charge in [0.05, 0.1) is 39.8 Å². The molecule has 0 atom stereocenters. The average Bonchev–Trinajstić information content (AvgIpc) is 2.85. The lowest BCUT2D eigenvalue weighted by Crippen LogP contribution is -2.21. The Balaban J connectivity index is 1.59. The summed E-state index contributed by atoms with van der Waals surface area (Å²) in [5, 5.41) is 10.9. The van der Waals surface area contributed by atoms with Crippen molar-refractivity contribution in [2.75, 3.05) is 49.7 Å². The van der Waals surface area contributed by atoms with Crippen LogP contribution in [0, 0.1) is 0 Å². The minimum Gasteiger partial charge on any atom is -0.497 e. The molecule has 4 amide bonds. The Kier molecular flexibility index (Phi) is 8.01. The molecule has 0 spiro atoms. The first-order valence-electron chi connectivity index (χ1n) is 10.2. The van der Waals surface area contributed by atoms with Gasteiger partial charge in [0.2, 0.25) is 0 Å². The molecule has 0 aliphatic heterocycles. The monoisotopic (exact) mass is 466 g/mol. The van der Waals surface area contributed by atoms with Gasteiger partial charge in [-0.2, -0.15) is 0 Å². The third-order valence-corrected chi connectivity index (χ3v) is 4.71. The third-order valence-electron chi connectivity index (χ3n) is 4.71. The Bertz CT molecular complexity index is 1060. The number of carbonyl (C=O) groups is 2. The van der Waals surface area contributed by atoms with E-state index in [1.54, 1.807) is 60.7 Å². The average molecular weight is 466 g/mol. The number of amides is 4. The molecule has 0 aliphatic carbocycles. The molecule has 0 heterocycles. The van der Waals surface area contributed by atoms with E-state index in [4.69, 9.17) is 18.9 Å². The van der Waals surface area contributed by atoms with Crippen LogP contribution in [0.4, 0.5) is 32.3 Å². The van der Waals surface area contributed by atoms with Gasteiger partial charge in [-0.25, -0.2) is 9.59 Å². The molecule has 0 saturated heterocycles. The zero-order valence-corrected chi connectivity index (χ0v) is 19.2. The summed E-state index contributed by atoms with van der Waals surface area (Å²) >= 11 is 0. The van der Waals surface area contributed by atoms with E-state index in [0.717, 1.165) is 0 Å². The molecule has 4 N–H and O–H groups in total. The molecule has 3 aromatic rings. The molecule has 0 aromatic heterocycles. The van der Waals surface area contributed by atoms with Crippen molar-refractivity contribution in [1.82, 2.24) is 0 Å². The van der Waals surface area contributed by atoms with Gasteiger partial charge < -0.3 is 40.2 Å². The molecule has 178 valence electrons. The number of carbonyl (C=O) groups excluding carboxylic acids is 2. The minimum absolute atomic E-state index is 0.460. The fourth-order valence-electron chi connectivity index (χ4n) is 3.03. The van der Waals surface area contributed by atoms with Gasteiger partial charge in [0.1, 0.15) is 23.0 Å². The fourth-order valence-corrected chi connectivity index (χ4v) is 3.03. The van der Waals surface area contributed by atoms with E-state index in [-0.39, 0.29) is 0 Å². The molecule has 0 radical (unpaired) electrons. The van der Waals surface area contributed by atoms with Gasteiger partial charge in [0, 0.05) is 23.5 Å². The van der Waals surface area contributed by atoms with Crippen LogP contribution in [-0.2, 0) is 0 Å². The van der Waals surface area contributed by atoms with Crippen molar-refractivity contribution in [3.63, 3.8) is 0 Å². The van der Waals surface area contributed by atoms with E-state index in [9.17, 15) is 9.59 Å². The molecule has 10 heteroatoms. The smallest absolute Gasteiger partial charge is 0.323 e. The van der Waals surface area contributed by atoms with Gasteiger partial charge in [-0.3, -0.25) is 0 Å². The second-order valence-corrected chi connectivity index (χ2v) is 6.87. The summed E-state index contributed by atoms with van der Waals surface area (Å²) in [5.74, 6) is 2.15. The topological polar surface area (TPSA) is 119 Å². The Labute approximate surface area is 197 Å². The molecule has 3 rings (SSSR count). The second kappa shape index (κ2) is 11.3. The molecular weight excluding hydrogens is 440 g/mol. The van der Waals surface area contributed by atoms with Crippen LogP contribution >= 0.6 is 0 Å². The zero-order chi connectivity index (χ0) is 24.5. The maximum atomic E-state index is 12.4. The van der Waals surface area contributed by atoms with Crippen molar-refractivity contribution in [2.24, 2.45) is 0 Å². The summed E-state index contributed by atoms with van der Waals surface area (Å²) in [7, 11) is 6.09. The van der Waals surface area contributed by atoms with Gasteiger partial charge in [0.25, 0.3) is 0 Å². The molecule has 0 unspecified atom stereocenters. The highest BCUT2D eigenvalue weighted by atomic mass is 16.5. The number of hydrogen-bond donors (Lipinski definition) is 4. The summed E-state index contributed by atoms with van der Waals surface area (Å²) in [6.07, 6.45) is 0. The normalized spacial score (nSPS) is 10.0. The first-order chi connectivity index (χ1) is 16.4. The lowest BCUT2D eigenvalue weighted by molar-refractivity contribution is 0.261. The van der Waals surface area contributed by atoms with Crippen LogP contribution in [-0.4, -0.2) is 40.5 Å². The Morgan fingerprint density at radius 1 is 0.529 bits per heavy atom. The van der Waals surface area contributed by atoms with E-state index in [1.807, 2.05) is 0 Å². The quantitative estimate of drug-likeness (QED) is 0.371. The fraction of sp³-hybridized carbons (Fsp3) is 0.167. The number of benzene rings is 3. The van der Waals surface area contributed by atoms with Crippen molar-refractivity contribution >= 4 is 34.8 Å². The van der Waals surface area contributed by atoms with E-state index in [2.05, 4.69) is 21.3 Å². The predicted octanol–water partition coefficient (Wildman–Crippen LogP) is 5.01. The number of anilines is 4. The predicted molar refractivity (Wildman–Crippen MR) is 131 cm³/mol. The maximum absolute atomic E-state index is 12.4. The Hall–Kier alpha value is -4.60. The van der Waals surface area contributed by atoms with Crippen LogP contribution in [0.5, 0.6) is 23.0 Å². The van der Waals surface area contributed by atoms with Crippen molar-refractivity contribution in [3.05, 3.63) is 60.7 Å². The lowest BCUT2D eigenvalue weighted by atomic mass is 10.2. The Morgan fingerprint density at radius 3 is 1.24 bits per heavy atom. The highest BCUT2D eigenvalue weighted by molar-refractivity contribution is 6.02. The van der Waals surface area contributed by atoms with Crippen LogP contribution in [0.1, 0.15) is 0 Å².